The van der Waals surface area contributed by atoms with Crippen LogP contribution in [-0.2, 0) is 6.18 Å². The molecular weight excluding hydrogens is 399 g/mol. The first-order valence-corrected chi connectivity index (χ1v) is 8.99. The quantitative estimate of drug-likeness (QED) is 0.675. The molecule has 3 heterocycles. The van der Waals surface area contributed by atoms with Crippen molar-refractivity contribution in [1.82, 2.24) is 15.0 Å². The molecule has 1 aliphatic rings. The lowest BCUT2D eigenvalue weighted by Gasteiger charge is -2.28. The third-order valence-electron chi connectivity index (χ3n) is 4.39. The maximum Gasteiger partial charge on any atom is 0.416 e. The standard InChI is InChI=1S/C20H16F3N5O2/c1-12-7-15(10-24-9-12)26-19(29)28-5-6-30-18-17(28)27-16(11-25-18)13-3-2-4-14(8-13)20(21,22)23/h2-4,7-11H,5-6H2,1H3,(H,26,29). The van der Waals surface area contributed by atoms with Gasteiger partial charge in [-0.25, -0.2) is 14.8 Å². The van der Waals surface area contributed by atoms with Crippen LogP contribution >= 0.6 is 0 Å². The predicted octanol–water partition coefficient (Wildman–Crippen LogP) is 4.30. The van der Waals surface area contributed by atoms with Crippen molar-refractivity contribution in [3.63, 3.8) is 0 Å². The zero-order valence-electron chi connectivity index (χ0n) is 15.8. The Bertz CT molecular complexity index is 1100. The van der Waals surface area contributed by atoms with Gasteiger partial charge in [0.05, 0.1) is 35.9 Å². The number of hydrogen-bond donors (Lipinski definition) is 1. The fourth-order valence-electron chi connectivity index (χ4n) is 2.99. The first-order chi connectivity index (χ1) is 14.3. The largest absolute Gasteiger partial charge is 0.473 e. The van der Waals surface area contributed by atoms with Crippen molar-refractivity contribution in [2.24, 2.45) is 0 Å². The molecule has 0 atom stereocenters. The molecule has 10 heteroatoms. The van der Waals surface area contributed by atoms with Crippen LogP contribution in [0.25, 0.3) is 11.3 Å². The Hall–Kier alpha value is -3.69. The van der Waals surface area contributed by atoms with Crippen LogP contribution in [0.5, 0.6) is 5.88 Å². The van der Waals surface area contributed by atoms with Gasteiger partial charge in [-0.3, -0.25) is 9.88 Å². The molecule has 1 aliphatic heterocycles. The van der Waals surface area contributed by atoms with Crippen molar-refractivity contribution >= 4 is 17.5 Å². The van der Waals surface area contributed by atoms with Crippen LogP contribution in [0.15, 0.2) is 48.9 Å². The Morgan fingerprint density at radius 3 is 2.80 bits per heavy atom. The summed E-state index contributed by atoms with van der Waals surface area (Å²) in [5.74, 6) is 0.267. The number of carbonyl (C=O) groups is 1. The lowest BCUT2D eigenvalue weighted by atomic mass is 10.1. The molecule has 0 fully saturated rings. The molecule has 30 heavy (non-hydrogen) atoms. The maximum absolute atomic E-state index is 13.0. The summed E-state index contributed by atoms with van der Waals surface area (Å²) >= 11 is 0. The molecule has 0 spiro atoms. The van der Waals surface area contributed by atoms with Crippen LogP contribution in [0.4, 0.5) is 29.5 Å². The van der Waals surface area contributed by atoms with E-state index in [-0.39, 0.29) is 36.1 Å². The highest BCUT2D eigenvalue weighted by Gasteiger charge is 2.31. The maximum atomic E-state index is 13.0. The van der Waals surface area contributed by atoms with E-state index in [1.165, 1.54) is 29.4 Å². The van der Waals surface area contributed by atoms with Gasteiger partial charge in [0.2, 0.25) is 5.82 Å². The fourth-order valence-corrected chi connectivity index (χ4v) is 2.99. The number of pyridine rings is 1. The second kappa shape index (κ2) is 7.62. The van der Waals surface area contributed by atoms with Crippen molar-refractivity contribution in [3.05, 3.63) is 60.0 Å². The Kier molecular flexibility index (Phi) is 4.98. The number of alkyl halides is 3. The number of anilines is 2. The average Bonchev–Trinajstić information content (AvgIpc) is 2.72. The molecule has 0 aliphatic carbocycles. The van der Waals surface area contributed by atoms with Crippen LogP contribution in [-0.4, -0.2) is 34.1 Å². The summed E-state index contributed by atoms with van der Waals surface area (Å²) in [6, 6.07) is 6.05. The average molecular weight is 415 g/mol. The number of ether oxygens (including phenoxy) is 1. The van der Waals surface area contributed by atoms with E-state index in [9.17, 15) is 18.0 Å². The molecule has 4 rings (SSSR count). The fraction of sp³-hybridized carbons (Fsp3) is 0.200. The SMILES string of the molecule is Cc1cncc(NC(=O)N2CCOc3ncc(-c4cccc(C(F)(F)F)c4)nc32)c1. The van der Waals surface area contributed by atoms with Gasteiger partial charge in [-0.15, -0.1) is 0 Å². The minimum absolute atomic E-state index is 0.134. The summed E-state index contributed by atoms with van der Waals surface area (Å²) in [5.41, 5.74) is 1.02. The molecule has 0 saturated heterocycles. The van der Waals surface area contributed by atoms with Crippen molar-refractivity contribution < 1.29 is 22.7 Å². The minimum atomic E-state index is -4.48. The lowest BCUT2D eigenvalue weighted by molar-refractivity contribution is -0.137. The molecular formula is C20H16F3N5O2. The Morgan fingerprint density at radius 2 is 2.03 bits per heavy atom. The number of hydrogen-bond acceptors (Lipinski definition) is 5. The van der Waals surface area contributed by atoms with E-state index in [1.54, 1.807) is 12.3 Å². The molecule has 2 aromatic heterocycles. The van der Waals surface area contributed by atoms with Gasteiger partial charge < -0.3 is 10.1 Å². The van der Waals surface area contributed by atoms with Gasteiger partial charge >= 0.3 is 12.2 Å². The summed E-state index contributed by atoms with van der Waals surface area (Å²) in [7, 11) is 0. The third-order valence-corrected chi connectivity index (χ3v) is 4.39. The number of benzene rings is 1. The highest BCUT2D eigenvalue weighted by molar-refractivity contribution is 6.02. The number of amides is 2. The normalized spacial score (nSPS) is 13.4. The number of fused-ring (bicyclic) bond motifs is 1. The van der Waals surface area contributed by atoms with Gasteiger partial charge in [0, 0.05) is 11.8 Å². The van der Waals surface area contributed by atoms with Crippen LogP contribution < -0.4 is 15.0 Å². The highest BCUT2D eigenvalue weighted by atomic mass is 19.4. The topological polar surface area (TPSA) is 80.2 Å². The molecule has 0 unspecified atom stereocenters. The monoisotopic (exact) mass is 415 g/mol. The van der Waals surface area contributed by atoms with Crippen LogP contribution in [0.2, 0.25) is 0 Å². The number of nitrogens with zero attached hydrogens (tertiary/aromatic N) is 4. The number of nitrogens with one attached hydrogen (secondary N) is 1. The molecule has 1 N–H and O–H groups in total. The highest BCUT2D eigenvalue weighted by Crippen LogP contribution is 2.34. The summed E-state index contributed by atoms with van der Waals surface area (Å²) in [6.45, 7) is 2.27. The number of aryl methyl sites for hydroxylation is 1. The summed E-state index contributed by atoms with van der Waals surface area (Å²) < 4.78 is 44.6. The van der Waals surface area contributed by atoms with E-state index in [1.807, 2.05) is 6.92 Å². The molecule has 0 bridgehead atoms. The summed E-state index contributed by atoms with van der Waals surface area (Å²) in [5, 5.41) is 2.73. The van der Waals surface area contributed by atoms with Gasteiger partial charge in [0.25, 0.3) is 5.88 Å². The van der Waals surface area contributed by atoms with Crippen LogP contribution in [0.3, 0.4) is 0 Å². The second-order valence-corrected chi connectivity index (χ2v) is 6.64. The van der Waals surface area contributed by atoms with Crippen molar-refractivity contribution in [1.29, 1.82) is 0 Å². The predicted molar refractivity (Wildman–Crippen MR) is 103 cm³/mol. The molecule has 154 valence electrons. The van der Waals surface area contributed by atoms with Gasteiger partial charge in [0.15, 0.2) is 0 Å². The van der Waals surface area contributed by atoms with Crippen molar-refractivity contribution in [3.8, 4) is 17.1 Å². The number of rotatable bonds is 2. The number of halogens is 3. The Labute approximate surface area is 169 Å². The number of urea groups is 1. The number of carbonyl (C=O) groups excluding carboxylic acids is 1. The first-order valence-electron chi connectivity index (χ1n) is 8.99. The van der Waals surface area contributed by atoms with Crippen molar-refractivity contribution in [2.45, 2.75) is 13.1 Å². The first kappa shape index (κ1) is 19.6. The summed E-state index contributed by atoms with van der Waals surface area (Å²) in [4.78, 5) is 26.7. The lowest BCUT2D eigenvalue weighted by Crippen LogP contribution is -2.41. The zero-order chi connectivity index (χ0) is 21.3. The molecule has 2 amide bonds. The molecule has 3 aromatic rings. The third kappa shape index (κ3) is 4.02. The minimum Gasteiger partial charge on any atom is -0.473 e. The van der Waals surface area contributed by atoms with E-state index in [2.05, 4.69) is 20.3 Å². The van der Waals surface area contributed by atoms with Crippen molar-refractivity contribution in [2.75, 3.05) is 23.4 Å². The van der Waals surface area contributed by atoms with Crippen LogP contribution in [0.1, 0.15) is 11.1 Å². The van der Waals surface area contributed by atoms with E-state index in [0.29, 0.717) is 5.69 Å². The van der Waals surface area contributed by atoms with Gasteiger partial charge in [-0.05, 0) is 30.7 Å². The van der Waals surface area contributed by atoms with Gasteiger partial charge in [0.1, 0.15) is 6.61 Å². The smallest absolute Gasteiger partial charge is 0.416 e. The van der Waals surface area contributed by atoms with Gasteiger partial charge in [-0.2, -0.15) is 13.2 Å². The molecule has 1 aromatic carbocycles. The van der Waals surface area contributed by atoms with E-state index in [4.69, 9.17) is 4.74 Å². The van der Waals surface area contributed by atoms with Gasteiger partial charge in [-0.1, -0.05) is 12.1 Å². The Balaban J connectivity index is 1.66. The summed E-state index contributed by atoms with van der Waals surface area (Å²) in [6.07, 6.45) is 0.0121. The van der Waals surface area contributed by atoms with E-state index < -0.39 is 17.8 Å². The second-order valence-electron chi connectivity index (χ2n) is 6.64. The Morgan fingerprint density at radius 1 is 1.20 bits per heavy atom. The molecule has 0 saturated carbocycles. The molecule has 0 radical (unpaired) electrons. The van der Waals surface area contributed by atoms with E-state index in [0.717, 1.165) is 17.7 Å². The van der Waals surface area contributed by atoms with Crippen LogP contribution in [0, 0.1) is 6.92 Å². The van der Waals surface area contributed by atoms with E-state index >= 15 is 0 Å². The molecule has 7 nitrogen and oxygen atoms in total. The zero-order valence-corrected chi connectivity index (χ0v) is 15.8. The number of aromatic nitrogens is 3.